The number of carbonyl (C=O) groups is 2. The Hall–Kier alpha value is -2.62. The molecule has 7 heteroatoms. The maximum atomic E-state index is 13.7. The number of nitrogens with zero attached hydrogens (tertiary/aromatic N) is 2. The fraction of sp³-hybridized carbons (Fsp3) is 0.438. The Morgan fingerprint density at radius 2 is 2.04 bits per heavy atom. The molecule has 23 heavy (non-hydrogen) atoms. The summed E-state index contributed by atoms with van der Waals surface area (Å²) in [5.41, 5.74) is -0.275. The lowest BCUT2D eigenvalue weighted by Gasteiger charge is -2.39. The molecule has 6 nitrogen and oxygen atoms in total. The third-order valence-electron chi connectivity index (χ3n) is 4.83. The van der Waals surface area contributed by atoms with Gasteiger partial charge in [-0.3, -0.25) is 10.1 Å². The van der Waals surface area contributed by atoms with Crippen LogP contribution in [0, 0.1) is 23.1 Å². The molecule has 0 unspecified atom stereocenters. The third kappa shape index (κ3) is 2.50. The smallest absolute Gasteiger partial charge is 0.322 e. The SMILES string of the molecule is C[C@@]1(C2CCN(c3cccc(F)c3C#N)CC2)NC(=O)NC1=O. The Morgan fingerprint density at radius 3 is 2.61 bits per heavy atom. The van der Waals surface area contributed by atoms with Gasteiger partial charge in [-0.25, -0.2) is 9.18 Å². The van der Waals surface area contributed by atoms with Crippen LogP contribution >= 0.6 is 0 Å². The summed E-state index contributed by atoms with van der Waals surface area (Å²) in [6, 6.07) is 6.04. The first-order chi connectivity index (χ1) is 11.0. The van der Waals surface area contributed by atoms with E-state index in [0.29, 0.717) is 31.6 Å². The van der Waals surface area contributed by atoms with E-state index in [0.717, 1.165) is 0 Å². The molecule has 120 valence electrons. The molecule has 2 heterocycles. The van der Waals surface area contributed by atoms with Crippen LogP contribution in [-0.2, 0) is 4.79 Å². The number of urea groups is 1. The van der Waals surface area contributed by atoms with E-state index in [4.69, 9.17) is 5.26 Å². The zero-order valence-corrected chi connectivity index (χ0v) is 12.7. The molecule has 2 fully saturated rings. The normalized spacial score (nSPS) is 25.0. The molecule has 3 amide bonds. The Balaban J connectivity index is 1.75. The average Bonchev–Trinajstić information content (AvgIpc) is 2.80. The quantitative estimate of drug-likeness (QED) is 0.810. The Morgan fingerprint density at radius 1 is 1.35 bits per heavy atom. The number of carbonyl (C=O) groups excluding carboxylic acids is 2. The number of hydrogen-bond donors (Lipinski definition) is 2. The summed E-state index contributed by atoms with van der Waals surface area (Å²) in [6.07, 6.45) is 1.34. The number of nitrogens with one attached hydrogen (secondary N) is 2. The van der Waals surface area contributed by atoms with Crippen molar-refractivity contribution in [3.8, 4) is 6.07 Å². The summed E-state index contributed by atoms with van der Waals surface area (Å²) >= 11 is 0. The van der Waals surface area contributed by atoms with Crippen molar-refractivity contribution in [3.63, 3.8) is 0 Å². The van der Waals surface area contributed by atoms with Gasteiger partial charge in [0.2, 0.25) is 0 Å². The second-order valence-electron chi connectivity index (χ2n) is 6.12. The zero-order chi connectivity index (χ0) is 16.6. The van der Waals surface area contributed by atoms with Gasteiger partial charge >= 0.3 is 6.03 Å². The van der Waals surface area contributed by atoms with Crippen LogP contribution in [0.4, 0.5) is 14.9 Å². The Kier molecular flexibility index (Phi) is 3.68. The largest absolute Gasteiger partial charge is 0.370 e. The summed E-state index contributed by atoms with van der Waals surface area (Å²) in [5.74, 6) is -0.824. The molecular formula is C16H17FN4O2. The highest BCUT2D eigenvalue weighted by Gasteiger charge is 2.48. The van der Waals surface area contributed by atoms with Crippen LogP contribution in [0.1, 0.15) is 25.3 Å². The van der Waals surface area contributed by atoms with Gasteiger partial charge in [0, 0.05) is 13.1 Å². The third-order valence-corrected chi connectivity index (χ3v) is 4.83. The molecule has 0 aliphatic carbocycles. The van der Waals surface area contributed by atoms with Gasteiger partial charge in [-0.1, -0.05) is 6.07 Å². The maximum Gasteiger partial charge on any atom is 0.322 e. The standard InChI is InChI=1S/C16H17FN4O2/c1-16(14(22)19-15(23)20-16)10-5-7-21(8-6-10)13-4-2-3-12(17)11(13)9-18/h2-4,10H,5-8H2,1H3,(H2,19,20,22,23)/t16-/m0/s1. The van der Waals surface area contributed by atoms with Crippen LogP contribution in [0.25, 0.3) is 0 Å². The highest BCUT2D eigenvalue weighted by atomic mass is 19.1. The maximum absolute atomic E-state index is 13.7. The van der Waals surface area contributed by atoms with Crippen molar-refractivity contribution in [1.82, 2.24) is 10.6 Å². The lowest BCUT2D eigenvalue weighted by molar-refractivity contribution is -0.125. The van der Waals surface area contributed by atoms with Crippen molar-refractivity contribution in [2.75, 3.05) is 18.0 Å². The molecule has 2 aliphatic heterocycles. The van der Waals surface area contributed by atoms with E-state index in [1.54, 1.807) is 19.1 Å². The zero-order valence-electron chi connectivity index (χ0n) is 12.7. The minimum Gasteiger partial charge on any atom is -0.370 e. The van der Waals surface area contributed by atoms with Crippen molar-refractivity contribution in [2.24, 2.45) is 5.92 Å². The number of amides is 3. The van der Waals surface area contributed by atoms with E-state index in [-0.39, 0.29) is 17.4 Å². The second kappa shape index (κ2) is 5.54. The van der Waals surface area contributed by atoms with Crippen molar-refractivity contribution >= 4 is 17.6 Å². The number of hydrogen-bond acceptors (Lipinski definition) is 4. The average molecular weight is 316 g/mol. The fourth-order valence-corrected chi connectivity index (χ4v) is 3.43. The van der Waals surface area contributed by atoms with Gasteiger partial charge in [-0.2, -0.15) is 5.26 Å². The number of piperidine rings is 1. The van der Waals surface area contributed by atoms with Crippen LogP contribution in [0.2, 0.25) is 0 Å². The molecule has 0 radical (unpaired) electrons. The Labute approximate surface area is 133 Å². The number of nitriles is 1. The molecule has 0 spiro atoms. The summed E-state index contributed by atoms with van der Waals surface area (Å²) in [7, 11) is 0. The molecule has 0 bridgehead atoms. The molecule has 2 N–H and O–H groups in total. The first-order valence-corrected chi connectivity index (χ1v) is 7.53. The minimum absolute atomic E-state index is 0.00398. The van der Waals surface area contributed by atoms with Gasteiger partial charge in [0.15, 0.2) is 0 Å². The molecular weight excluding hydrogens is 299 g/mol. The van der Waals surface area contributed by atoms with E-state index in [1.807, 2.05) is 11.0 Å². The topological polar surface area (TPSA) is 85.2 Å². The Bertz CT molecular complexity index is 707. The second-order valence-corrected chi connectivity index (χ2v) is 6.12. The summed E-state index contributed by atoms with van der Waals surface area (Å²) in [5, 5.41) is 14.1. The van der Waals surface area contributed by atoms with E-state index in [1.165, 1.54) is 6.07 Å². The van der Waals surface area contributed by atoms with Crippen molar-refractivity contribution in [2.45, 2.75) is 25.3 Å². The molecule has 1 aromatic rings. The fourth-order valence-electron chi connectivity index (χ4n) is 3.43. The summed E-state index contributed by atoms with van der Waals surface area (Å²) in [4.78, 5) is 25.3. The molecule has 0 saturated carbocycles. The van der Waals surface area contributed by atoms with Crippen molar-refractivity contribution in [3.05, 3.63) is 29.6 Å². The van der Waals surface area contributed by atoms with E-state index >= 15 is 0 Å². The van der Waals surface area contributed by atoms with E-state index < -0.39 is 17.4 Å². The predicted molar refractivity (Wildman–Crippen MR) is 81.1 cm³/mol. The van der Waals surface area contributed by atoms with Crippen LogP contribution in [-0.4, -0.2) is 30.6 Å². The lowest BCUT2D eigenvalue weighted by Crippen LogP contribution is -2.53. The van der Waals surface area contributed by atoms with Gasteiger partial charge in [0.1, 0.15) is 23.0 Å². The monoisotopic (exact) mass is 316 g/mol. The molecule has 0 aromatic heterocycles. The van der Waals surface area contributed by atoms with Gasteiger partial charge in [0.05, 0.1) is 5.69 Å². The molecule has 1 aromatic carbocycles. The molecule has 2 aliphatic rings. The van der Waals surface area contributed by atoms with Crippen LogP contribution in [0.3, 0.4) is 0 Å². The first kappa shape index (κ1) is 15.3. The highest BCUT2D eigenvalue weighted by molar-refractivity contribution is 6.07. The molecule has 2 saturated heterocycles. The lowest BCUT2D eigenvalue weighted by atomic mass is 9.79. The van der Waals surface area contributed by atoms with E-state index in [2.05, 4.69) is 10.6 Å². The van der Waals surface area contributed by atoms with Gasteiger partial charge in [0.25, 0.3) is 5.91 Å². The number of anilines is 1. The number of benzene rings is 1. The number of imide groups is 1. The van der Waals surface area contributed by atoms with Crippen molar-refractivity contribution in [1.29, 1.82) is 5.26 Å². The van der Waals surface area contributed by atoms with Crippen LogP contribution < -0.4 is 15.5 Å². The van der Waals surface area contributed by atoms with E-state index in [9.17, 15) is 14.0 Å². The van der Waals surface area contributed by atoms with Crippen molar-refractivity contribution < 1.29 is 14.0 Å². The highest BCUT2D eigenvalue weighted by Crippen LogP contribution is 2.33. The summed E-state index contributed by atoms with van der Waals surface area (Å²) < 4.78 is 13.7. The molecule has 3 rings (SSSR count). The van der Waals surface area contributed by atoms with Crippen LogP contribution in [0.15, 0.2) is 18.2 Å². The number of rotatable bonds is 2. The minimum atomic E-state index is -0.900. The van der Waals surface area contributed by atoms with Crippen LogP contribution in [0.5, 0.6) is 0 Å². The summed E-state index contributed by atoms with van der Waals surface area (Å²) in [6.45, 7) is 2.93. The van der Waals surface area contributed by atoms with Gasteiger partial charge in [-0.05, 0) is 37.8 Å². The predicted octanol–water partition coefficient (Wildman–Crippen LogP) is 1.51. The first-order valence-electron chi connectivity index (χ1n) is 7.53. The molecule has 1 atom stereocenters. The van der Waals surface area contributed by atoms with Gasteiger partial charge < -0.3 is 10.2 Å². The number of halogens is 1. The van der Waals surface area contributed by atoms with Gasteiger partial charge in [-0.15, -0.1) is 0 Å².